The summed E-state index contributed by atoms with van der Waals surface area (Å²) in [4.78, 5) is 33.6. The van der Waals surface area contributed by atoms with Gasteiger partial charge in [0.25, 0.3) is 11.8 Å². The SMILES string of the molecule is O=C(c1cnc(-c2ccccc2)s1)N1CCN(C(=O)c2cc(Cl)ccc2F)CC1. The second-order valence-electron chi connectivity index (χ2n) is 6.60. The first-order valence-electron chi connectivity index (χ1n) is 9.08. The van der Waals surface area contributed by atoms with Gasteiger partial charge >= 0.3 is 0 Å². The Morgan fingerprint density at radius 1 is 0.966 bits per heavy atom. The summed E-state index contributed by atoms with van der Waals surface area (Å²) in [5, 5.41) is 1.10. The van der Waals surface area contributed by atoms with Crippen LogP contribution in [0, 0.1) is 5.82 Å². The van der Waals surface area contributed by atoms with E-state index < -0.39 is 11.7 Å². The van der Waals surface area contributed by atoms with Crippen LogP contribution in [0.5, 0.6) is 0 Å². The number of piperazine rings is 1. The van der Waals surface area contributed by atoms with Crippen LogP contribution < -0.4 is 0 Å². The van der Waals surface area contributed by atoms with Gasteiger partial charge in [-0.2, -0.15) is 0 Å². The number of nitrogens with zero attached hydrogens (tertiary/aromatic N) is 3. The van der Waals surface area contributed by atoms with Crippen molar-refractivity contribution in [2.75, 3.05) is 26.2 Å². The van der Waals surface area contributed by atoms with Crippen molar-refractivity contribution in [3.05, 3.63) is 76.0 Å². The van der Waals surface area contributed by atoms with E-state index in [9.17, 15) is 14.0 Å². The number of amides is 2. The fraction of sp³-hybridized carbons (Fsp3) is 0.190. The monoisotopic (exact) mass is 429 g/mol. The Labute approximate surface area is 176 Å². The lowest BCUT2D eigenvalue weighted by Gasteiger charge is -2.34. The second-order valence-corrected chi connectivity index (χ2v) is 8.07. The highest BCUT2D eigenvalue weighted by Crippen LogP contribution is 2.26. The number of benzene rings is 2. The van der Waals surface area contributed by atoms with E-state index in [2.05, 4.69) is 4.98 Å². The Hall–Kier alpha value is -2.77. The van der Waals surface area contributed by atoms with Crippen molar-refractivity contribution in [3.8, 4) is 10.6 Å². The van der Waals surface area contributed by atoms with Gasteiger partial charge in [0.1, 0.15) is 15.7 Å². The average Bonchev–Trinajstić information content (AvgIpc) is 3.25. The molecule has 1 aliphatic rings. The molecule has 0 radical (unpaired) electrons. The fourth-order valence-corrected chi connectivity index (χ4v) is 4.25. The molecule has 2 amide bonds. The van der Waals surface area contributed by atoms with Gasteiger partial charge in [-0.05, 0) is 18.2 Å². The summed E-state index contributed by atoms with van der Waals surface area (Å²) in [6.07, 6.45) is 1.59. The van der Waals surface area contributed by atoms with Gasteiger partial charge in [-0.1, -0.05) is 41.9 Å². The topological polar surface area (TPSA) is 53.5 Å². The molecule has 2 heterocycles. The highest BCUT2D eigenvalue weighted by atomic mass is 35.5. The zero-order valence-electron chi connectivity index (χ0n) is 15.3. The standard InChI is InChI=1S/C21H17ClFN3O2S/c22-15-6-7-17(23)16(12-15)20(27)25-8-10-26(11-9-25)21(28)18-13-24-19(29-18)14-4-2-1-3-5-14/h1-7,12-13H,8-11H2. The molecule has 0 bridgehead atoms. The van der Waals surface area contributed by atoms with Gasteiger partial charge in [0, 0.05) is 36.8 Å². The van der Waals surface area contributed by atoms with E-state index in [1.165, 1.54) is 29.5 Å². The van der Waals surface area contributed by atoms with Crippen LogP contribution >= 0.6 is 22.9 Å². The molecular weight excluding hydrogens is 413 g/mol. The molecule has 8 heteroatoms. The average molecular weight is 430 g/mol. The minimum atomic E-state index is -0.601. The Morgan fingerprint density at radius 3 is 2.31 bits per heavy atom. The molecule has 1 fully saturated rings. The molecule has 5 nitrogen and oxygen atoms in total. The van der Waals surface area contributed by atoms with Crippen LogP contribution in [0.1, 0.15) is 20.0 Å². The van der Waals surface area contributed by atoms with Crippen molar-refractivity contribution in [1.82, 2.24) is 14.8 Å². The molecule has 1 aliphatic heterocycles. The van der Waals surface area contributed by atoms with Gasteiger partial charge in [-0.25, -0.2) is 9.37 Å². The molecule has 3 aromatic rings. The third kappa shape index (κ3) is 4.16. The zero-order valence-corrected chi connectivity index (χ0v) is 16.9. The number of hydrogen-bond acceptors (Lipinski definition) is 4. The number of hydrogen-bond donors (Lipinski definition) is 0. The molecule has 29 heavy (non-hydrogen) atoms. The van der Waals surface area contributed by atoms with Gasteiger partial charge in [0.15, 0.2) is 0 Å². The van der Waals surface area contributed by atoms with Crippen molar-refractivity contribution in [1.29, 1.82) is 0 Å². The normalized spacial score (nSPS) is 14.1. The van der Waals surface area contributed by atoms with Crippen LogP contribution in [0.25, 0.3) is 10.6 Å². The molecule has 4 rings (SSSR count). The van der Waals surface area contributed by atoms with E-state index in [0.29, 0.717) is 36.1 Å². The maximum atomic E-state index is 14.0. The Balaban J connectivity index is 1.41. The van der Waals surface area contributed by atoms with E-state index in [4.69, 9.17) is 11.6 Å². The van der Waals surface area contributed by atoms with Gasteiger partial charge in [0.2, 0.25) is 0 Å². The molecule has 1 aromatic heterocycles. The van der Waals surface area contributed by atoms with Gasteiger partial charge in [-0.15, -0.1) is 11.3 Å². The summed E-state index contributed by atoms with van der Waals surface area (Å²) >= 11 is 7.23. The van der Waals surface area contributed by atoms with Crippen LogP contribution in [0.4, 0.5) is 4.39 Å². The predicted octanol–water partition coefficient (Wildman–Crippen LogP) is 4.20. The van der Waals surface area contributed by atoms with Crippen molar-refractivity contribution in [3.63, 3.8) is 0 Å². The van der Waals surface area contributed by atoms with E-state index in [1.54, 1.807) is 16.0 Å². The molecular formula is C21H17ClFN3O2S. The first-order valence-corrected chi connectivity index (χ1v) is 10.3. The van der Waals surface area contributed by atoms with Crippen LogP contribution in [-0.2, 0) is 0 Å². The number of carbonyl (C=O) groups excluding carboxylic acids is 2. The van der Waals surface area contributed by atoms with Gasteiger partial charge in [-0.3, -0.25) is 9.59 Å². The molecule has 1 saturated heterocycles. The molecule has 0 saturated carbocycles. The number of thiazole rings is 1. The summed E-state index contributed by atoms with van der Waals surface area (Å²) in [5.41, 5.74) is 0.919. The smallest absolute Gasteiger partial charge is 0.265 e. The third-order valence-corrected chi connectivity index (χ3v) is 6.02. The summed E-state index contributed by atoms with van der Waals surface area (Å²) in [7, 11) is 0. The molecule has 0 aliphatic carbocycles. The molecule has 148 valence electrons. The number of halogens is 2. The van der Waals surface area contributed by atoms with E-state index >= 15 is 0 Å². The summed E-state index contributed by atoms with van der Waals surface area (Å²) < 4.78 is 14.0. The van der Waals surface area contributed by atoms with Crippen LogP contribution in [0.15, 0.2) is 54.7 Å². The first kappa shape index (κ1) is 19.5. The summed E-state index contributed by atoms with van der Waals surface area (Å²) in [6, 6.07) is 13.6. The lowest BCUT2D eigenvalue weighted by atomic mass is 10.1. The first-order chi connectivity index (χ1) is 14.0. The maximum absolute atomic E-state index is 14.0. The third-order valence-electron chi connectivity index (χ3n) is 4.75. The molecule has 0 atom stereocenters. The lowest BCUT2D eigenvalue weighted by molar-refractivity contribution is 0.0535. The molecule has 0 unspecified atom stereocenters. The second kappa shape index (κ2) is 8.31. The minimum absolute atomic E-state index is 0.0489. The zero-order chi connectivity index (χ0) is 20.4. The van der Waals surface area contributed by atoms with Crippen molar-refractivity contribution in [2.24, 2.45) is 0 Å². The van der Waals surface area contributed by atoms with Crippen LogP contribution in [0.2, 0.25) is 5.02 Å². The van der Waals surface area contributed by atoms with Gasteiger partial charge in [0.05, 0.1) is 11.8 Å². The number of carbonyl (C=O) groups is 2. The quantitative estimate of drug-likeness (QED) is 0.627. The van der Waals surface area contributed by atoms with E-state index in [-0.39, 0.29) is 11.5 Å². The van der Waals surface area contributed by atoms with Crippen LogP contribution in [0.3, 0.4) is 0 Å². The lowest BCUT2D eigenvalue weighted by Crippen LogP contribution is -2.50. The molecule has 0 spiro atoms. The Kier molecular flexibility index (Phi) is 5.60. The van der Waals surface area contributed by atoms with Gasteiger partial charge < -0.3 is 9.80 Å². The Morgan fingerprint density at radius 2 is 1.62 bits per heavy atom. The predicted molar refractivity (Wildman–Crippen MR) is 111 cm³/mol. The van der Waals surface area contributed by atoms with Crippen molar-refractivity contribution in [2.45, 2.75) is 0 Å². The highest BCUT2D eigenvalue weighted by Gasteiger charge is 2.27. The summed E-state index contributed by atoms with van der Waals surface area (Å²) in [5.74, 6) is -1.12. The highest BCUT2D eigenvalue weighted by molar-refractivity contribution is 7.16. The largest absolute Gasteiger partial charge is 0.335 e. The number of aromatic nitrogens is 1. The fourth-order valence-electron chi connectivity index (χ4n) is 3.19. The number of rotatable bonds is 3. The van der Waals surface area contributed by atoms with E-state index in [0.717, 1.165) is 10.6 Å². The van der Waals surface area contributed by atoms with Crippen molar-refractivity contribution >= 4 is 34.8 Å². The van der Waals surface area contributed by atoms with Crippen LogP contribution in [-0.4, -0.2) is 52.8 Å². The van der Waals surface area contributed by atoms with Crippen molar-refractivity contribution < 1.29 is 14.0 Å². The Bertz CT molecular complexity index is 1050. The minimum Gasteiger partial charge on any atom is -0.335 e. The van der Waals surface area contributed by atoms with E-state index in [1.807, 2.05) is 30.3 Å². The molecule has 2 aromatic carbocycles. The molecule has 0 N–H and O–H groups in total. The summed E-state index contributed by atoms with van der Waals surface area (Å²) in [6.45, 7) is 1.43. The maximum Gasteiger partial charge on any atom is 0.265 e.